The van der Waals surface area contributed by atoms with Crippen LogP contribution in [0.5, 0.6) is 0 Å². The van der Waals surface area contributed by atoms with Crippen LogP contribution < -0.4 is 4.90 Å². The molecule has 0 unspecified atom stereocenters. The molecule has 1 aliphatic heterocycles. The fourth-order valence-electron chi connectivity index (χ4n) is 2.95. The van der Waals surface area contributed by atoms with Gasteiger partial charge >= 0.3 is 0 Å². The van der Waals surface area contributed by atoms with Gasteiger partial charge in [-0.15, -0.1) is 0 Å². The fourth-order valence-corrected chi connectivity index (χ4v) is 2.95. The van der Waals surface area contributed by atoms with E-state index < -0.39 is 0 Å². The molecular formula is C17H20N8. The summed E-state index contributed by atoms with van der Waals surface area (Å²) in [5.74, 6) is 0.794. The monoisotopic (exact) mass is 336 g/mol. The summed E-state index contributed by atoms with van der Waals surface area (Å²) in [6.07, 6.45) is 8.82. The Morgan fingerprint density at radius 3 is 2.32 bits per heavy atom. The van der Waals surface area contributed by atoms with Gasteiger partial charge in [0, 0.05) is 56.9 Å². The predicted molar refractivity (Wildman–Crippen MR) is 93.9 cm³/mol. The van der Waals surface area contributed by atoms with Crippen molar-refractivity contribution in [2.24, 2.45) is 0 Å². The fraction of sp³-hybridized carbons (Fsp3) is 0.353. The quantitative estimate of drug-likeness (QED) is 0.686. The number of anilines is 1. The van der Waals surface area contributed by atoms with E-state index >= 15 is 0 Å². The second kappa shape index (κ2) is 7.35. The van der Waals surface area contributed by atoms with Crippen molar-refractivity contribution in [2.45, 2.75) is 6.54 Å². The molecule has 4 rings (SSSR count). The summed E-state index contributed by atoms with van der Waals surface area (Å²) in [6, 6.07) is 5.87. The summed E-state index contributed by atoms with van der Waals surface area (Å²) >= 11 is 0. The Hall–Kier alpha value is -2.87. The van der Waals surface area contributed by atoms with E-state index in [4.69, 9.17) is 4.98 Å². The third kappa shape index (κ3) is 3.80. The molecule has 8 heteroatoms. The lowest BCUT2D eigenvalue weighted by Gasteiger charge is -2.34. The number of hydrogen-bond donors (Lipinski definition) is 0. The van der Waals surface area contributed by atoms with Crippen molar-refractivity contribution in [1.82, 2.24) is 34.8 Å². The minimum Gasteiger partial charge on any atom is -0.338 e. The van der Waals surface area contributed by atoms with Crippen LogP contribution in [0.3, 0.4) is 0 Å². The molecule has 25 heavy (non-hydrogen) atoms. The van der Waals surface area contributed by atoms with Crippen LogP contribution in [0.4, 0.5) is 5.95 Å². The molecule has 0 radical (unpaired) electrons. The van der Waals surface area contributed by atoms with Crippen LogP contribution in [-0.4, -0.2) is 67.6 Å². The molecule has 0 atom stereocenters. The summed E-state index contributed by atoms with van der Waals surface area (Å²) in [7, 11) is 0. The van der Waals surface area contributed by atoms with Gasteiger partial charge in [-0.3, -0.25) is 9.88 Å². The van der Waals surface area contributed by atoms with Gasteiger partial charge in [-0.2, -0.15) is 15.0 Å². The van der Waals surface area contributed by atoms with Gasteiger partial charge in [0.25, 0.3) is 0 Å². The molecule has 0 aromatic carbocycles. The Labute approximate surface area is 146 Å². The van der Waals surface area contributed by atoms with Gasteiger partial charge in [0.15, 0.2) is 0 Å². The Kier molecular flexibility index (Phi) is 4.60. The third-order valence-electron chi connectivity index (χ3n) is 4.36. The average molecular weight is 336 g/mol. The summed E-state index contributed by atoms with van der Waals surface area (Å²) < 4.78 is 0. The highest BCUT2D eigenvalue weighted by Crippen LogP contribution is 2.18. The van der Waals surface area contributed by atoms with Gasteiger partial charge < -0.3 is 4.90 Å². The molecule has 3 aromatic heterocycles. The molecule has 1 aliphatic rings. The highest BCUT2D eigenvalue weighted by atomic mass is 15.5. The molecule has 0 bridgehead atoms. The molecule has 0 saturated carbocycles. The molecule has 0 N–H and O–H groups in total. The summed E-state index contributed by atoms with van der Waals surface area (Å²) in [4.78, 5) is 19.6. The highest BCUT2D eigenvalue weighted by Gasteiger charge is 2.19. The summed E-state index contributed by atoms with van der Waals surface area (Å²) in [5.41, 5.74) is 1.99. The van der Waals surface area contributed by atoms with Crippen molar-refractivity contribution in [2.75, 3.05) is 37.6 Å². The van der Waals surface area contributed by atoms with Crippen molar-refractivity contribution in [3.63, 3.8) is 0 Å². The molecule has 1 fully saturated rings. The van der Waals surface area contributed by atoms with E-state index in [1.54, 1.807) is 29.6 Å². The number of nitrogens with zero attached hydrogens (tertiary/aromatic N) is 8. The highest BCUT2D eigenvalue weighted by molar-refractivity contribution is 5.59. The number of rotatable bonds is 5. The zero-order valence-corrected chi connectivity index (χ0v) is 13.9. The lowest BCUT2D eigenvalue weighted by Crippen LogP contribution is -2.47. The molecular weight excluding hydrogens is 316 g/mol. The molecule has 0 amide bonds. The van der Waals surface area contributed by atoms with E-state index in [0.717, 1.165) is 56.5 Å². The second-order valence-corrected chi connectivity index (χ2v) is 5.93. The number of piperazine rings is 1. The van der Waals surface area contributed by atoms with Gasteiger partial charge in [0.2, 0.25) is 5.95 Å². The largest absolute Gasteiger partial charge is 0.338 e. The molecule has 0 aliphatic carbocycles. The van der Waals surface area contributed by atoms with Crippen LogP contribution in [0, 0.1) is 0 Å². The van der Waals surface area contributed by atoms with Gasteiger partial charge in [-0.25, -0.2) is 9.97 Å². The maximum Gasteiger partial charge on any atom is 0.225 e. The minimum atomic E-state index is 0.794. The van der Waals surface area contributed by atoms with Crippen molar-refractivity contribution >= 4 is 5.95 Å². The van der Waals surface area contributed by atoms with Crippen molar-refractivity contribution in [3.8, 4) is 11.3 Å². The average Bonchev–Trinajstić information content (AvgIpc) is 3.21. The molecule has 8 nitrogen and oxygen atoms in total. The zero-order valence-electron chi connectivity index (χ0n) is 13.9. The van der Waals surface area contributed by atoms with E-state index in [1.807, 2.05) is 24.4 Å². The van der Waals surface area contributed by atoms with Crippen LogP contribution >= 0.6 is 0 Å². The molecule has 3 aromatic rings. The van der Waals surface area contributed by atoms with Crippen LogP contribution in [0.1, 0.15) is 0 Å². The van der Waals surface area contributed by atoms with E-state index in [9.17, 15) is 0 Å². The molecule has 1 saturated heterocycles. The topological polar surface area (TPSA) is 75.9 Å². The SMILES string of the molecule is c1cc(-c2ccnc(N3CCN(CCn4nccn4)CC3)n2)ccn1. The predicted octanol–water partition coefficient (Wildman–Crippen LogP) is 0.952. The Morgan fingerprint density at radius 2 is 1.56 bits per heavy atom. The summed E-state index contributed by atoms with van der Waals surface area (Å²) in [6.45, 7) is 5.61. The first-order valence-corrected chi connectivity index (χ1v) is 8.43. The Balaban J connectivity index is 1.36. The van der Waals surface area contributed by atoms with Crippen LogP contribution in [-0.2, 0) is 6.54 Å². The molecule has 4 heterocycles. The smallest absolute Gasteiger partial charge is 0.225 e. The second-order valence-electron chi connectivity index (χ2n) is 5.93. The standard InChI is InChI=1S/C17H20N8/c1-4-18-5-2-15(1)16-3-6-19-17(22-16)24-12-9-23(10-13-24)11-14-25-20-7-8-21-25/h1-8H,9-14H2. The van der Waals surface area contributed by atoms with Gasteiger partial charge in [0.1, 0.15) is 0 Å². The van der Waals surface area contributed by atoms with Crippen LogP contribution in [0.15, 0.2) is 49.2 Å². The molecule has 128 valence electrons. The van der Waals surface area contributed by atoms with E-state index in [1.165, 1.54) is 0 Å². The number of aromatic nitrogens is 6. The molecule has 0 spiro atoms. The summed E-state index contributed by atoms with van der Waals surface area (Å²) in [5, 5.41) is 8.29. The first-order valence-electron chi connectivity index (χ1n) is 8.43. The van der Waals surface area contributed by atoms with Crippen molar-refractivity contribution < 1.29 is 0 Å². The van der Waals surface area contributed by atoms with E-state index in [0.29, 0.717) is 0 Å². The van der Waals surface area contributed by atoms with Crippen LogP contribution in [0.25, 0.3) is 11.3 Å². The van der Waals surface area contributed by atoms with Gasteiger partial charge in [0.05, 0.1) is 24.6 Å². The maximum absolute atomic E-state index is 4.72. The lowest BCUT2D eigenvalue weighted by atomic mass is 10.2. The van der Waals surface area contributed by atoms with E-state index in [2.05, 4.69) is 30.0 Å². The van der Waals surface area contributed by atoms with Gasteiger partial charge in [-0.1, -0.05) is 0 Å². The first-order chi connectivity index (χ1) is 12.4. The van der Waals surface area contributed by atoms with E-state index in [-0.39, 0.29) is 0 Å². The van der Waals surface area contributed by atoms with Gasteiger partial charge in [-0.05, 0) is 18.2 Å². The Morgan fingerprint density at radius 1 is 0.800 bits per heavy atom. The number of hydrogen-bond acceptors (Lipinski definition) is 7. The first kappa shape index (κ1) is 15.6. The van der Waals surface area contributed by atoms with Crippen LogP contribution in [0.2, 0.25) is 0 Å². The van der Waals surface area contributed by atoms with Crippen molar-refractivity contribution in [3.05, 3.63) is 49.2 Å². The zero-order chi connectivity index (χ0) is 16.9. The van der Waals surface area contributed by atoms with Crippen molar-refractivity contribution in [1.29, 1.82) is 0 Å². The minimum absolute atomic E-state index is 0.794. The normalized spacial score (nSPS) is 15.4. The lowest BCUT2D eigenvalue weighted by molar-refractivity contribution is 0.238. The Bertz CT molecular complexity index is 781. The third-order valence-corrected chi connectivity index (χ3v) is 4.36. The number of pyridine rings is 1. The maximum atomic E-state index is 4.72.